The predicted octanol–water partition coefficient (Wildman–Crippen LogP) is 3.33. The van der Waals surface area contributed by atoms with Crippen LogP contribution in [0.4, 0.5) is 0 Å². The van der Waals surface area contributed by atoms with Gasteiger partial charge in [0.25, 0.3) is 5.91 Å². The Hall–Kier alpha value is -2.43. The Morgan fingerprint density at radius 3 is 2.58 bits per heavy atom. The van der Waals surface area contributed by atoms with E-state index in [4.69, 9.17) is 0 Å². The first-order valence-electron chi connectivity index (χ1n) is 8.52. The second kappa shape index (κ2) is 7.43. The summed E-state index contributed by atoms with van der Waals surface area (Å²) < 4.78 is 1.71. The zero-order valence-electron chi connectivity index (χ0n) is 14.3. The lowest BCUT2D eigenvalue weighted by atomic mass is 9.83. The molecule has 0 aliphatic heterocycles. The maximum absolute atomic E-state index is 12.0. The number of rotatable bonds is 4. The lowest BCUT2D eigenvalue weighted by Gasteiger charge is -2.23. The maximum Gasteiger partial charge on any atom is 0.261 e. The Morgan fingerprint density at radius 2 is 1.96 bits per heavy atom. The number of nitrogens with zero attached hydrogens (tertiary/aromatic N) is 3. The topological polar surface area (TPSA) is 59.3 Å². The maximum atomic E-state index is 12.0. The SMILES string of the molecule is Cc1cc(C)n(CC(=O)NN=C2CCC(c3ccccc3)CC2)n1. The smallest absolute Gasteiger partial charge is 0.261 e. The molecular formula is C19H24N4O. The Morgan fingerprint density at radius 1 is 1.25 bits per heavy atom. The molecule has 126 valence electrons. The number of amides is 1. The largest absolute Gasteiger partial charge is 0.271 e. The number of aryl methyl sites for hydroxylation is 2. The third kappa shape index (κ3) is 4.10. The number of hydrogen-bond acceptors (Lipinski definition) is 3. The standard InChI is InChI=1S/C19H24N4O/c1-14-12-15(2)23(22-14)13-19(24)21-20-18-10-8-17(9-11-18)16-6-4-3-5-7-16/h3-7,12,17H,8-11,13H2,1-2H3,(H,21,24). The number of hydrogen-bond donors (Lipinski definition) is 1. The molecule has 1 fully saturated rings. The normalized spacial score (nSPS) is 17.6. The van der Waals surface area contributed by atoms with Gasteiger partial charge in [0.2, 0.25) is 0 Å². The van der Waals surface area contributed by atoms with Crippen molar-refractivity contribution in [2.24, 2.45) is 5.10 Å². The molecule has 1 N–H and O–H groups in total. The summed E-state index contributed by atoms with van der Waals surface area (Å²) in [5.41, 5.74) is 7.08. The van der Waals surface area contributed by atoms with E-state index in [2.05, 4.69) is 46.0 Å². The number of carbonyl (C=O) groups excluding carboxylic acids is 1. The van der Waals surface area contributed by atoms with Crippen molar-refractivity contribution in [3.05, 3.63) is 53.3 Å². The summed E-state index contributed by atoms with van der Waals surface area (Å²) in [5, 5.41) is 8.62. The number of aromatic nitrogens is 2. The highest BCUT2D eigenvalue weighted by Gasteiger charge is 2.19. The number of benzene rings is 1. The van der Waals surface area contributed by atoms with Crippen molar-refractivity contribution in [1.82, 2.24) is 15.2 Å². The van der Waals surface area contributed by atoms with Crippen molar-refractivity contribution in [2.75, 3.05) is 0 Å². The summed E-state index contributed by atoms with van der Waals surface area (Å²) in [5.74, 6) is 0.481. The summed E-state index contributed by atoms with van der Waals surface area (Å²) in [6, 6.07) is 12.6. The lowest BCUT2D eigenvalue weighted by Crippen LogP contribution is -2.26. The molecule has 1 aliphatic rings. The first kappa shape index (κ1) is 16.4. The van der Waals surface area contributed by atoms with Gasteiger partial charge in [0, 0.05) is 11.4 Å². The van der Waals surface area contributed by atoms with Gasteiger partial charge >= 0.3 is 0 Å². The van der Waals surface area contributed by atoms with E-state index in [1.165, 1.54) is 5.56 Å². The van der Waals surface area contributed by atoms with Gasteiger partial charge in [0.05, 0.1) is 5.69 Å². The number of hydrazone groups is 1. The molecule has 1 amide bonds. The van der Waals surface area contributed by atoms with Crippen molar-refractivity contribution in [3.8, 4) is 0 Å². The van der Waals surface area contributed by atoms with Crippen molar-refractivity contribution < 1.29 is 4.79 Å². The van der Waals surface area contributed by atoms with Crippen molar-refractivity contribution in [2.45, 2.75) is 52.0 Å². The second-order valence-electron chi connectivity index (χ2n) is 6.48. The fraction of sp³-hybridized carbons (Fsp3) is 0.421. The van der Waals surface area contributed by atoms with Gasteiger partial charge < -0.3 is 0 Å². The minimum Gasteiger partial charge on any atom is -0.271 e. The highest BCUT2D eigenvalue weighted by Crippen LogP contribution is 2.31. The highest BCUT2D eigenvalue weighted by molar-refractivity contribution is 5.87. The van der Waals surface area contributed by atoms with Crippen LogP contribution in [-0.2, 0) is 11.3 Å². The van der Waals surface area contributed by atoms with E-state index in [-0.39, 0.29) is 12.5 Å². The zero-order chi connectivity index (χ0) is 16.9. The molecule has 1 saturated carbocycles. The molecule has 1 aromatic heterocycles. The van der Waals surface area contributed by atoms with E-state index in [1.807, 2.05) is 19.9 Å². The van der Waals surface area contributed by atoms with E-state index in [9.17, 15) is 4.79 Å². The third-order valence-corrected chi connectivity index (χ3v) is 4.57. The van der Waals surface area contributed by atoms with Crippen LogP contribution in [0.25, 0.3) is 0 Å². The van der Waals surface area contributed by atoms with Crippen LogP contribution in [0.5, 0.6) is 0 Å². The first-order chi connectivity index (χ1) is 11.6. The van der Waals surface area contributed by atoms with E-state index in [1.54, 1.807) is 4.68 Å². The van der Waals surface area contributed by atoms with Crippen LogP contribution in [-0.4, -0.2) is 21.4 Å². The Bertz CT molecular complexity index is 723. The van der Waals surface area contributed by atoms with Crippen LogP contribution in [0.15, 0.2) is 41.5 Å². The number of nitrogens with one attached hydrogen (secondary N) is 1. The van der Waals surface area contributed by atoms with Gasteiger partial charge in [-0.05, 0) is 57.1 Å². The lowest BCUT2D eigenvalue weighted by molar-refractivity contribution is -0.121. The quantitative estimate of drug-likeness (QED) is 0.877. The average molecular weight is 324 g/mol. The first-order valence-corrected chi connectivity index (χ1v) is 8.52. The molecule has 1 aliphatic carbocycles. The van der Waals surface area contributed by atoms with Gasteiger partial charge in [-0.1, -0.05) is 30.3 Å². The summed E-state index contributed by atoms with van der Waals surface area (Å²) >= 11 is 0. The van der Waals surface area contributed by atoms with Gasteiger partial charge in [-0.25, -0.2) is 5.43 Å². The summed E-state index contributed by atoms with van der Waals surface area (Å²) in [7, 11) is 0. The molecule has 0 radical (unpaired) electrons. The van der Waals surface area contributed by atoms with Crippen molar-refractivity contribution >= 4 is 11.6 Å². The Labute approximate surface area is 142 Å². The molecule has 2 aromatic rings. The summed E-state index contributed by atoms with van der Waals surface area (Å²) in [6.45, 7) is 4.08. The Balaban J connectivity index is 1.49. The zero-order valence-corrected chi connectivity index (χ0v) is 14.3. The molecule has 24 heavy (non-hydrogen) atoms. The van der Waals surface area contributed by atoms with Gasteiger partial charge in [0.1, 0.15) is 6.54 Å². The molecule has 1 heterocycles. The molecule has 0 bridgehead atoms. The molecule has 1 aromatic carbocycles. The molecule has 5 heteroatoms. The van der Waals surface area contributed by atoms with Crippen LogP contribution in [0.3, 0.4) is 0 Å². The number of carbonyl (C=O) groups is 1. The van der Waals surface area contributed by atoms with E-state index in [0.717, 1.165) is 42.8 Å². The van der Waals surface area contributed by atoms with Gasteiger partial charge in [-0.15, -0.1) is 0 Å². The Kier molecular flexibility index (Phi) is 5.08. The van der Waals surface area contributed by atoms with Crippen LogP contribution in [0.1, 0.15) is 48.6 Å². The van der Waals surface area contributed by atoms with Crippen LogP contribution < -0.4 is 5.43 Å². The van der Waals surface area contributed by atoms with E-state index >= 15 is 0 Å². The minimum absolute atomic E-state index is 0.126. The van der Waals surface area contributed by atoms with Crippen LogP contribution in [0, 0.1) is 13.8 Å². The summed E-state index contributed by atoms with van der Waals surface area (Å²) in [4.78, 5) is 12.0. The molecule has 0 saturated heterocycles. The molecule has 0 spiro atoms. The van der Waals surface area contributed by atoms with Crippen molar-refractivity contribution in [1.29, 1.82) is 0 Å². The van der Waals surface area contributed by atoms with Crippen molar-refractivity contribution in [3.63, 3.8) is 0 Å². The fourth-order valence-electron chi connectivity index (χ4n) is 3.27. The van der Waals surface area contributed by atoms with Crippen LogP contribution in [0.2, 0.25) is 0 Å². The monoisotopic (exact) mass is 324 g/mol. The molecule has 3 rings (SSSR count). The van der Waals surface area contributed by atoms with Gasteiger partial charge in [-0.3, -0.25) is 9.48 Å². The molecule has 5 nitrogen and oxygen atoms in total. The molecular weight excluding hydrogens is 300 g/mol. The molecule has 0 atom stereocenters. The molecule has 0 unspecified atom stereocenters. The van der Waals surface area contributed by atoms with E-state index in [0.29, 0.717) is 5.92 Å². The van der Waals surface area contributed by atoms with E-state index < -0.39 is 0 Å². The van der Waals surface area contributed by atoms with Crippen LogP contribution >= 0.6 is 0 Å². The van der Waals surface area contributed by atoms with Gasteiger partial charge in [-0.2, -0.15) is 10.2 Å². The summed E-state index contributed by atoms with van der Waals surface area (Å²) in [6.07, 6.45) is 4.08. The minimum atomic E-state index is -0.126. The predicted molar refractivity (Wildman–Crippen MR) is 94.9 cm³/mol. The highest BCUT2D eigenvalue weighted by atomic mass is 16.2. The second-order valence-corrected chi connectivity index (χ2v) is 6.48. The average Bonchev–Trinajstić information content (AvgIpc) is 2.91. The van der Waals surface area contributed by atoms with Gasteiger partial charge in [0.15, 0.2) is 0 Å². The fourth-order valence-corrected chi connectivity index (χ4v) is 3.27. The third-order valence-electron chi connectivity index (χ3n) is 4.57.